The molecule has 4 nitrogen and oxygen atoms in total. The minimum atomic E-state index is -2.62. The highest BCUT2D eigenvalue weighted by Crippen LogP contribution is 2.69. The van der Waals surface area contributed by atoms with Crippen LogP contribution in [0, 0.1) is 0 Å². The fraction of sp³-hybridized carbons (Fsp3) is 0.500. The van der Waals surface area contributed by atoms with Crippen molar-refractivity contribution in [2.75, 3.05) is 0 Å². The summed E-state index contributed by atoms with van der Waals surface area (Å²) in [5.74, 6) is 0. The number of hydrogen-bond acceptors (Lipinski definition) is 2. The highest BCUT2D eigenvalue weighted by molar-refractivity contribution is 7.66. The first kappa shape index (κ1) is 30.5. The molecule has 0 spiro atoms. The Hall–Kier alpha value is -2.02. The number of fused-ring (bicyclic) bond motifs is 2. The molecule has 0 amide bonds. The Morgan fingerprint density at radius 1 is 0.447 bits per heavy atom. The van der Waals surface area contributed by atoms with Gasteiger partial charge in [0.15, 0.2) is 14.6 Å². The van der Waals surface area contributed by atoms with E-state index in [0.29, 0.717) is 0 Å². The van der Waals surface area contributed by atoms with Gasteiger partial charge in [0, 0.05) is 33.0 Å². The number of nitrogens with zero attached hydrogens (tertiary/aromatic N) is 2. The first-order valence-electron chi connectivity index (χ1n) is 13.5. The molecule has 0 unspecified atom stereocenters. The van der Waals surface area contributed by atoms with Crippen LogP contribution in [0.5, 0.6) is 0 Å². The molecule has 208 valence electrons. The van der Waals surface area contributed by atoms with Crippen molar-refractivity contribution >= 4 is 36.4 Å². The van der Waals surface area contributed by atoms with Gasteiger partial charge in [-0.25, -0.2) is 0 Å². The van der Waals surface area contributed by atoms with E-state index in [9.17, 15) is 9.13 Å². The maximum atomic E-state index is 13.9. The number of para-hydroxylation sites is 2. The van der Waals surface area contributed by atoms with Gasteiger partial charge < -0.3 is 0 Å². The molecule has 38 heavy (non-hydrogen) atoms. The number of hydrogen-bond donors (Lipinski definition) is 0. The smallest absolute Gasteiger partial charge is 0.186 e. The summed E-state index contributed by atoms with van der Waals surface area (Å²) in [6.07, 6.45) is 3.98. The molecule has 4 aromatic rings. The number of aromatic nitrogens is 2. The second-order valence-electron chi connectivity index (χ2n) is 14.3. The molecule has 0 aliphatic carbocycles. The van der Waals surface area contributed by atoms with Crippen LogP contribution in [0.2, 0.25) is 0 Å². The quantitative estimate of drug-likeness (QED) is 0.231. The van der Waals surface area contributed by atoms with Crippen molar-refractivity contribution in [2.24, 2.45) is 0 Å². The third-order valence-electron chi connectivity index (χ3n) is 7.40. The van der Waals surface area contributed by atoms with Crippen LogP contribution in [-0.2, 0) is 9.13 Å². The molecule has 4 rings (SSSR count). The second kappa shape index (κ2) is 9.87. The van der Waals surface area contributed by atoms with Gasteiger partial charge >= 0.3 is 0 Å². The van der Waals surface area contributed by atoms with Gasteiger partial charge in [-0.15, -0.1) is 0 Å². The molecule has 0 saturated carbocycles. The van der Waals surface area contributed by atoms with E-state index in [4.69, 9.17) is 0 Å². The van der Waals surface area contributed by atoms with Crippen molar-refractivity contribution < 1.29 is 9.13 Å². The standard InChI is InChI=1S/2C16H24NOP/c2*1-15(2,3)19(18,16(4,5)6)17-12-11-13-9-7-8-10-14(13)17/h2*7-12H,1-6H3. The van der Waals surface area contributed by atoms with Gasteiger partial charge in [-0.2, -0.15) is 0 Å². The lowest BCUT2D eigenvalue weighted by molar-refractivity contribution is 0.509. The normalized spacial score (nSPS) is 14.0. The minimum absolute atomic E-state index is 0.271. The Balaban J connectivity index is 0.000000211. The average molecular weight is 555 g/mol. The van der Waals surface area contributed by atoms with E-state index in [1.807, 2.05) is 45.3 Å². The largest absolute Gasteiger partial charge is 0.299 e. The van der Waals surface area contributed by atoms with Crippen LogP contribution in [-0.4, -0.2) is 29.3 Å². The van der Waals surface area contributed by atoms with E-state index in [1.165, 1.54) is 0 Å². The van der Waals surface area contributed by atoms with Crippen LogP contribution in [0.1, 0.15) is 83.1 Å². The third-order valence-corrected chi connectivity index (χ3v) is 16.6. The Kier molecular flexibility index (Phi) is 7.92. The molecule has 0 saturated heterocycles. The maximum Gasteiger partial charge on any atom is 0.186 e. The predicted molar refractivity (Wildman–Crippen MR) is 169 cm³/mol. The van der Waals surface area contributed by atoms with Gasteiger partial charge in [-0.05, 0) is 35.0 Å². The molecular weight excluding hydrogens is 506 g/mol. The molecule has 0 atom stereocenters. The van der Waals surface area contributed by atoms with Crippen molar-refractivity contribution in [1.82, 2.24) is 8.68 Å². The molecule has 2 aromatic heterocycles. The lowest BCUT2D eigenvalue weighted by atomic mass is 10.2. The first-order valence-corrected chi connectivity index (χ1v) is 16.8. The molecule has 6 heteroatoms. The summed E-state index contributed by atoms with van der Waals surface area (Å²) in [6.45, 7) is 24.9. The fourth-order valence-corrected chi connectivity index (χ4v) is 14.0. The molecule has 0 fully saturated rings. The van der Waals surface area contributed by atoms with E-state index in [-0.39, 0.29) is 20.6 Å². The van der Waals surface area contributed by atoms with Crippen LogP contribution >= 0.6 is 14.6 Å². The van der Waals surface area contributed by atoms with Crippen molar-refractivity contribution in [3.8, 4) is 0 Å². The lowest BCUT2D eigenvalue weighted by Crippen LogP contribution is -2.32. The fourth-order valence-electron chi connectivity index (χ4n) is 5.93. The molecule has 2 heterocycles. The maximum absolute atomic E-state index is 13.9. The van der Waals surface area contributed by atoms with Gasteiger partial charge in [0.2, 0.25) is 0 Å². The van der Waals surface area contributed by atoms with Gasteiger partial charge in [0.1, 0.15) is 0 Å². The van der Waals surface area contributed by atoms with Gasteiger partial charge in [-0.1, -0.05) is 119 Å². The first-order chi connectivity index (χ1) is 17.2. The highest BCUT2D eigenvalue weighted by atomic mass is 31.2. The van der Waals surface area contributed by atoms with Gasteiger partial charge in [-0.3, -0.25) is 17.8 Å². The molecule has 0 bridgehead atoms. The van der Waals surface area contributed by atoms with E-state index >= 15 is 0 Å². The van der Waals surface area contributed by atoms with E-state index in [0.717, 1.165) is 21.8 Å². The Morgan fingerprint density at radius 2 is 0.711 bits per heavy atom. The Labute approximate surface area is 230 Å². The monoisotopic (exact) mass is 554 g/mol. The molecule has 0 aliphatic rings. The zero-order chi connectivity index (χ0) is 28.9. The average Bonchev–Trinajstić information content (AvgIpc) is 3.40. The molecular formula is C32H48N2O2P2. The summed E-state index contributed by atoms with van der Waals surface area (Å²) < 4.78 is 31.9. The third kappa shape index (κ3) is 5.00. The zero-order valence-electron chi connectivity index (χ0n) is 25.5. The van der Waals surface area contributed by atoms with Crippen LogP contribution < -0.4 is 0 Å². The van der Waals surface area contributed by atoms with Crippen molar-refractivity contribution in [1.29, 1.82) is 0 Å². The van der Waals surface area contributed by atoms with E-state index in [1.54, 1.807) is 0 Å². The van der Waals surface area contributed by atoms with Gasteiger partial charge in [0.25, 0.3) is 0 Å². The molecule has 0 N–H and O–H groups in total. The van der Waals surface area contributed by atoms with Crippen LogP contribution in [0.3, 0.4) is 0 Å². The van der Waals surface area contributed by atoms with Crippen molar-refractivity contribution in [3.63, 3.8) is 0 Å². The van der Waals surface area contributed by atoms with Crippen LogP contribution in [0.25, 0.3) is 21.8 Å². The summed E-state index contributed by atoms with van der Waals surface area (Å²) in [5, 5.41) is 1.22. The second-order valence-corrected chi connectivity index (χ2v) is 22.8. The predicted octanol–water partition coefficient (Wildman–Crippen LogP) is 10.7. The number of rotatable bonds is 2. The topological polar surface area (TPSA) is 44.0 Å². The van der Waals surface area contributed by atoms with Crippen LogP contribution in [0.15, 0.2) is 73.1 Å². The lowest BCUT2D eigenvalue weighted by Gasteiger charge is -2.42. The van der Waals surface area contributed by atoms with Crippen molar-refractivity contribution in [2.45, 2.75) is 104 Å². The summed E-state index contributed by atoms with van der Waals surface area (Å²) in [7, 11) is -5.24. The molecule has 0 radical (unpaired) electrons. The van der Waals surface area contributed by atoms with E-state index < -0.39 is 14.6 Å². The van der Waals surface area contributed by atoms with Crippen molar-refractivity contribution in [3.05, 3.63) is 73.1 Å². The summed E-state index contributed by atoms with van der Waals surface area (Å²) >= 11 is 0. The zero-order valence-corrected chi connectivity index (χ0v) is 27.3. The minimum Gasteiger partial charge on any atom is -0.299 e. The van der Waals surface area contributed by atoms with E-state index in [2.05, 4.69) is 119 Å². The highest BCUT2D eigenvalue weighted by Gasteiger charge is 2.49. The summed E-state index contributed by atoms with van der Waals surface area (Å²) in [4.78, 5) is 0. The van der Waals surface area contributed by atoms with Gasteiger partial charge in [0.05, 0.1) is 11.0 Å². The Bertz CT molecular complexity index is 1360. The molecule has 0 aliphatic heterocycles. The number of benzene rings is 2. The summed E-state index contributed by atoms with van der Waals surface area (Å²) in [5.41, 5.74) is 2.13. The van der Waals surface area contributed by atoms with Crippen LogP contribution in [0.4, 0.5) is 0 Å². The SMILES string of the molecule is CC(C)(C)P(=O)(n1ccc2ccccc21)C(C)(C)C.CC(C)(C)P(=O)(n1ccc2ccccc21)C(C)(C)C. The molecule has 2 aromatic carbocycles. The summed E-state index contributed by atoms with van der Waals surface area (Å²) in [6, 6.07) is 20.4. The Morgan fingerprint density at radius 3 is 0.974 bits per heavy atom.